The molecule has 0 saturated carbocycles. The molecule has 0 radical (unpaired) electrons. The summed E-state index contributed by atoms with van der Waals surface area (Å²) >= 11 is 5.45. The lowest BCUT2D eigenvalue weighted by atomic mass is 10.0. The molecule has 8 heteroatoms. The summed E-state index contributed by atoms with van der Waals surface area (Å²) in [5, 5.41) is 3.68. The molecule has 1 aromatic rings. The van der Waals surface area contributed by atoms with E-state index in [1.165, 1.54) is 6.07 Å². The summed E-state index contributed by atoms with van der Waals surface area (Å²) in [6.07, 6.45) is 0.628. The van der Waals surface area contributed by atoms with E-state index in [0.717, 1.165) is 6.26 Å². The number of Topliss-reactive ketones (excluding diaryl/α,β-unsaturated/α-hetero) is 1. The first-order valence-corrected chi connectivity index (χ1v) is 8.06. The van der Waals surface area contributed by atoms with E-state index < -0.39 is 16.2 Å². The summed E-state index contributed by atoms with van der Waals surface area (Å²) < 4.78 is 27.3. The fourth-order valence-corrected chi connectivity index (χ4v) is 2.40. The summed E-state index contributed by atoms with van der Waals surface area (Å²) in [6.45, 7) is 0. The molecule has 0 aliphatic carbocycles. The maximum absolute atomic E-state index is 11.4. The van der Waals surface area contributed by atoms with Gasteiger partial charge in [0.2, 0.25) is 0 Å². The molecule has 0 spiro atoms. The molecule has 0 saturated heterocycles. The van der Waals surface area contributed by atoms with Crippen LogP contribution in [0.3, 0.4) is 0 Å². The van der Waals surface area contributed by atoms with Crippen LogP contribution >= 0.6 is 11.6 Å². The Bertz CT molecular complexity index is 656. The Balaban J connectivity index is 2.21. The Kier molecular flexibility index (Phi) is 4.29. The Morgan fingerprint density at radius 3 is 2.85 bits per heavy atom. The lowest BCUT2D eigenvalue weighted by Gasteiger charge is -2.13. The maximum atomic E-state index is 11.4. The first kappa shape index (κ1) is 14.8. The fraction of sp³-hybridized carbons (Fsp3) is 0.333. The number of halogens is 1. The van der Waals surface area contributed by atoms with Gasteiger partial charge in [0.15, 0.2) is 11.9 Å². The van der Waals surface area contributed by atoms with Crippen molar-refractivity contribution in [3.8, 4) is 5.75 Å². The molecule has 20 heavy (non-hydrogen) atoms. The van der Waals surface area contributed by atoms with Gasteiger partial charge >= 0.3 is 10.1 Å². The number of rotatable bonds is 5. The Hall–Kier alpha value is -1.60. The number of ketones is 1. The predicted molar refractivity (Wildman–Crippen MR) is 73.5 cm³/mol. The van der Waals surface area contributed by atoms with Crippen LogP contribution in [0.2, 0.25) is 0 Å². The number of alkyl halides is 1. The molecular formula is C12H12ClNO5S. The standard InChI is InChI=1S/C12H12ClNO5S/c1-20(16,17)19-11-5-3-2-4-8(11)12-6-9(14-18-12)10(15)7-13/h2-5,12H,6-7H2,1H3. The largest absolute Gasteiger partial charge is 0.387 e. The van der Waals surface area contributed by atoms with E-state index in [9.17, 15) is 13.2 Å². The molecule has 1 aliphatic heterocycles. The molecule has 1 aliphatic rings. The third kappa shape index (κ3) is 3.49. The van der Waals surface area contributed by atoms with E-state index >= 15 is 0 Å². The molecule has 1 heterocycles. The van der Waals surface area contributed by atoms with Gasteiger partial charge in [-0.15, -0.1) is 11.6 Å². The molecule has 0 amide bonds. The van der Waals surface area contributed by atoms with E-state index in [-0.39, 0.29) is 29.5 Å². The Morgan fingerprint density at radius 1 is 1.50 bits per heavy atom. The van der Waals surface area contributed by atoms with Crippen LogP contribution in [0.4, 0.5) is 0 Å². The van der Waals surface area contributed by atoms with Crippen LogP contribution in [-0.4, -0.2) is 32.0 Å². The van der Waals surface area contributed by atoms with E-state index in [1.807, 2.05) is 0 Å². The van der Waals surface area contributed by atoms with Gasteiger partial charge in [0.1, 0.15) is 11.5 Å². The van der Waals surface area contributed by atoms with Gasteiger partial charge in [0.25, 0.3) is 0 Å². The SMILES string of the molecule is CS(=O)(=O)Oc1ccccc1C1CC(C(=O)CCl)=NO1. The van der Waals surface area contributed by atoms with Crippen molar-refractivity contribution in [1.29, 1.82) is 0 Å². The highest BCUT2D eigenvalue weighted by Gasteiger charge is 2.29. The molecule has 108 valence electrons. The van der Waals surface area contributed by atoms with Gasteiger partial charge in [0, 0.05) is 12.0 Å². The van der Waals surface area contributed by atoms with Gasteiger partial charge in [-0.25, -0.2) is 0 Å². The lowest BCUT2D eigenvalue weighted by Crippen LogP contribution is -2.14. The van der Waals surface area contributed by atoms with E-state index in [4.69, 9.17) is 20.6 Å². The van der Waals surface area contributed by atoms with Crippen LogP contribution in [0, 0.1) is 0 Å². The second-order valence-corrected chi connectivity index (χ2v) is 6.06. The smallest absolute Gasteiger partial charge is 0.306 e. The number of para-hydroxylation sites is 1. The second kappa shape index (κ2) is 5.80. The summed E-state index contributed by atoms with van der Waals surface area (Å²) in [4.78, 5) is 16.6. The number of carbonyl (C=O) groups is 1. The van der Waals surface area contributed by atoms with Crippen molar-refractivity contribution >= 4 is 33.2 Å². The molecule has 0 bridgehead atoms. The average Bonchev–Trinajstić information content (AvgIpc) is 2.86. The first-order chi connectivity index (χ1) is 9.40. The highest BCUT2D eigenvalue weighted by Crippen LogP contribution is 2.34. The molecule has 6 nitrogen and oxygen atoms in total. The molecule has 2 rings (SSSR count). The van der Waals surface area contributed by atoms with E-state index in [0.29, 0.717) is 5.56 Å². The molecule has 1 aromatic carbocycles. The highest BCUT2D eigenvalue weighted by molar-refractivity contribution is 7.86. The summed E-state index contributed by atoms with van der Waals surface area (Å²) in [5.41, 5.74) is 0.748. The Labute approximate surface area is 121 Å². The number of benzene rings is 1. The minimum absolute atomic E-state index is 0.162. The van der Waals surface area contributed by atoms with Crippen molar-refractivity contribution in [3.63, 3.8) is 0 Å². The zero-order valence-corrected chi connectivity index (χ0v) is 12.1. The number of hydrogen-bond donors (Lipinski definition) is 0. The van der Waals surface area contributed by atoms with Crippen molar-refractivity contribution in [1.82, 2.24) is 0 Å². The lowest BCUT2D eigenvalue weighted by molar-refractivity contribution is -0.110. The quantitative estimate of drug-likeness (QED) is 0.609. The number of hydrogen-bond acceptors (Lipinski definition) is 6. The molecule has 0 fully saturated rings. The van der Waals surface area contributed by atoms with Crippen molar-refractivity contribution in [3.05, 3.63) is 29.8 Å². The second-order valence-electron chi connectivity index (χ2n) is 4.22. The zero-order valence-electron chi connectivity index (χ0n) is 10.6. The van der Waals surface area contributed by atoms with Crippen molar-refractivity contribution < 1.29 is 22.2 Å². The van der Waals surface area contributed by atoms with Gasteiger partial charge in [0.05, 0.1) is 12.1 Å². The highest BCUT2D eigenvalue weighted by atomic mass is 35.5. The van der Waals surface area contributed by atoms with Crippen LogP contribution in [0.15, 0.2) is 29.4 Å². The van der Waals surface area contributed by atoms with Gasteiger partial charge in [-0.2, -0.15) is 8.42 Å². The van der Waals surface area contributed by atoms with Crippen LogP contribution < -0.4 is 4.18 Å². The minimum atomic E-state index is -3.64. The maximum Gasteiger partial charge on any atom is 0.306 e. The van der Waals surface area contributed by atoms with Gasteiger partial charge in [-0.3, -0.25) is 4.79 Å². The van der Waals surface area contributed by atoms with Gasteiger partial charge in [-0.05, 0) is 6.07 Å². The predicted octanol–water partition coefficient (Wildman–Crippen LogP) is 1.65. The summed E-state index contributed by atoms with van der Waals surface area (Å²) in [6, 6.07) is 6.54. The van der Waals surface area contributed by atoms with Crippen LogP contribution in [0.5, 0.6) is 5.75 Å². The minimum Gasteiger partial charge on any atom is -0.387 e. The van der Waals surface area contributed by atoms with Crippen LogP contribution in [0.25, 0.3) is 0 Å². The molecule has 1 atom stereocenters. The van der Waals surface area contributed by atoms with Crippen LogP contribution in [-0.2, 0) is 19.8 Å². The van der Waals surface area contributed by atoms with Crippen molar-refractivity contribution in [2.75, 3.05) is 12.1 Å². The molecular weight excluding hydrogens is 306 g/mol. The first-order valence-electron chi connectivity index (χ1n) is 5.71. The number of oxime groups is 1. The van der Waals surface area contributed by atoms with Gasteiger partial charge in [-0.1, -0.05) is 23.4 Å². The number of carbonyl (C=O) groups excluding carboxylic acids is 1. The third-order valence-electron chi connectivity index (χ3n) is 2.62. The number of nitrogens with zero attached hydrogens (tertiary/aromatic N) is 1. The Morgan fingerprint density at radius 2 is 2.20 bits per heavy atom. The van der Waals surface area contributed by atoms with E-state index in [2.05, 4.69) is 5.16 Å². The van der Waals surface area contributed by atoms with E-state index in [1.54, 1.807) is 18.2 Å². The average molecular weight is 318 g/mol. The zero-order chi connectivity index (χ0) is 14.8. The van der Waals surface area contributed by atoms with Crippen LogP contribution in [0.1, 0.15) is 18.1 Å². The van der Waals surface area contributed by atoms with Crippen molar-refractivity contribution in [2.45, 2.75) is 12.5 Å². The third-order valence-corrected chi connectivity index (χ3v) is 3.34. The monoisotopic (exact) mass is 317 g/mol. The summed E-state index contributed by atoms with van der Waals surface area (Å²) in [5.74, 6) is -0.318. The molecule has 0 N–H and O–H groups in total. The fourth-order valence-electron chi connectivity index (χ4n) is 1.77. The van der Waals surface area contributed by atoms with Gasteiger partial charge < -0.3 is 9.02 Å². The topological polar surface area (TPSA) is 82.0 Å². The molecule has 1 unspecified atom stereocenters. The summed E-state index contributed by atoms with van der Waals surface area (Å²) in [7, 11) is -3.64. The molecule has 0 aromatic heterocycles. The van der Waals surface area contributed by atoms with Crippen molar-refractivity contribution in [2.24, 2.45) is 5.16 Å². The normalized spacial score (nSPS) is 18.3.